The number of rotatable bonds is 7. The van der Waals surface area contributed by atoms with Crippen LogP contribution in [0.3, 0.4) is 0 Å². The van der Waals surface area contributed by atoms with Crippen LogP contribution < -0.4 is 5.32 Å². The van der Waals surface area contributed by atoms with E-state index in [1.165, 1.54) is 5.56 Å². The number of halogens is 3. The number of benzene rings is 1. The highest BCUT2D eigenvalue weighted by molar-refractivity contribution is 7.97. The van der Waals surface area contributed by atoms with Gasteiger partial charge in [-0.25, -0.2) is 9.78 Å². The fraction of sp³-hybridized carbons (Fsp3) is 0.500. The third kappa shape index (κ3) is 8.87. The smallest absolute Gasteiger partial charge is 0.475 e. The Balaban J connectivity index is 0.000000451. The maximum atomic E-state index is 12.1. The number of piperidine rings is 1. The molecule has 1 saturated heterocycles. The average Bonchev–Trinajstić information content (AvgIpc) is 3.21. The van der Waals surface area contributed by atoms with Crippen molar-refractivity contribution in [3.8, 4) is 0 Å². The van der Waals surface area contributed by atoms with Gasteiger partial charge in [0.25, 0.3) is 0 Å². The minimum atomic E-state index is -5.08. The van der Waals surface area contributed by atoms with Crippen LogP contribution in [-0.4, -0.2) is 69.1 Å². The lowest BCUT2D eigenvalue weighted by atomic mass is 9.89. The first-order chi connectivity index (χ1) is 15.2. The first-order valence-corrected chi connectivity index (χ1v) is 11.3. The summed E-state index contributed by atoms with van der Waals surface area (Å²) in [5.41, 5.74) is 1.41. The molecule has 1 fully saturated rings. The number of likely N-dealkylation sites (tertiary alicyclic amines) is 1. The van der Waals surface area contributed by atoms with Gasteiger partial charge in [0.2, 0.25) is 5.91 Å². The number of nitrogens with zero attached hydrogens (tertiary/aromatic N) is 3. The van der Waals surface area contributed by atoms with E-state index in [9.17, 15) is 18.0 Å². The molecule has 1 aromatic carbocycles. The maximum absolute atomic E-state index is 12.1. The van der Waals surface area contributed by atoms with Crippen molar-refractivity contribution < 1.29 is 27.9 Å². The van der Waals surface area contributed by atoms with E-state index in [-0.39, 0.29) is 5.91 Å². The molecule has 8 nitrogen and oxygen atoms in total. The number of aromatic amines is 1. The van der Waals surface area contributed by atoms with Crippen LogP contribution in [0.15, 0.2) is 30.3 Å². The summed E-state index contributed by atoms with van der Waals surface area (Å²) in [6.07, 6.45) is -0.854. The number of aliphatic carboxylic acids is 1. The van der Waals surface area contributed by atoms with Gasteiger partial charge < -0.3 is 10.4 Å². The molecule has 3 rings (SSSR count). The van der Waals surface area contributed by atoms with E-state index in [1.807, 2.05) is 6.26 Å². The van der Waals surface area contributed by atoms with Gasteiger partial charge in [-0.3, -0.25) is 14.8 Å². The number of carbonyl (C=O) groups excluding carboxylic acids is 1. The van der Waals surface area contributed by atoms with E-state index in [0.29, 0.717) is 24.8 Å². The monoisotopic (exact) mass is 473 g/mol. The van der Waals surface area contributed by atoms with Crippen LogP contribution in [0.1, 0.15) is 36.0 Å². The Morgan fingerprint density at radius 3 is 2.44 bits per heavy atom. The number of amides is 1. The van der Waals surface area contributed by atoms with Gasteiger partial charge in [0, 0.05) is 0 Å². The molecule has 176 valence electrons. The second-order valence-electron chi connectivity index (χ2n) is 7.17. The Morgan fingerprint density at radius 2 is 1.88 bits per heavy atom. The summed E-state index contributed by atoms with van der Waals surface area (Å²) in [4.78, 5) is 27.6. The van der Waals surface area contributed by atoms with E-state index >= 15 is 0 Å². The normalized spacial score (nSPS) is 15.0. The molecule has 1 amide bonds. The van der Waals surface area contributed by atoms with Crippen molar-refractivity contribution in [2.24, 2.45) is 0 Å². The van der Waals surface area contributed by atoms with Crippen molar-refractivity contribution in [3.05, 3.63) is 47.5 Å². The molecule has 2 aromatic rings. The summed E-state index contributed by atoms with van der Waals surface area (Å²) < 4.78 is 31.7. The van der Waals surface area contributed by atoms with Crippen LogP contribution in [0.25, 0.3) is 0 Å². The summed E-state index contributed by atoms with van der Waals surface area (Å²) in [5, 5.41) is 17.0. The van der Waals surface area contributed by atoms with Crippen molar-refractivity contribution in [2.75, 3.05) is 25.9 Å². The lowest BCUT2D eigenvalue weighted by Gasteiger charge is -2.31. The molecule has 0 bridgehead atoms. The van der Waals surface area contributed by atoms with Crippen LogP contribution in [-0.2, 0) is 21.9 Å². The predicted molar refractivity (Wildman–Crippen MR) is 114 cm³/mol. The number of aromatic nitrogens is 3. The molecule has 0 unspecified atom stereocenters. The Bertz CT molecular complexity index is 856. The highest BCUT2D eigenvalue weighted by atomic mass is 32.2. The minimum absolute atomic E-state index is 0.0426. The van der Waals surface area contributed by atoms with Crippen LogP contribution in [0.2, 0.25) is 0 Å². The molecule has 0 spiro atoms. The zero-order chi connectivity index (χ0) is 23.6. The van der Waals surface area contributed by atoms with Gasteiger partial charge >= 0.3 is 12.1 Å². The number of nitrogens with one attached hydrogen (secondary N) is 2. The van der Waals surface area contributed by atoms with Crippen LogP contribution in [0.5, 0.6) is 0 Å². The van der Waals surface area contributed by atoms with Crippen molar-refractivity contribution >= 4 is 23.6 Å². The lowest BCUT2D eigenvalue weighted by Crippen LogP contribution is -2.41. The van der Waals surface area contributed by atoms with E-state index < -0.39 is 12.1 Å². The molecule has 0 aliphatic carbocycles. The zero-order valence-corrected chi connectivity index (χ0v) is 18.4. The first-order valence-electron chi connectivity index (χ1n) is 9.92. The number of H-pyrrole nitrogens is 1. The molecule has 2 heterocycles. The Hall–Kier alpha value is -2.60. The van der Waals surface area contributed by atoms with Gasteiger partial charge in [-0.15, -0.1) is 0 Å². The highest BCUT2D eigenvalue weighted by Gasteiger charge is 2.38. The molecular weight excluding hydrogens is 447 g/mol. The summed E-state index contributed by atoms with van der Waals surface area (Å²) in [6.45, 7) is 2.79. The van der Waals surface area contributed by atoms with E-state index in [0.717, 1.165) is 37.5 Å². The van der Waals surface area contributed by atoms with Crippen LogP contribution in [0, 0.1) is 0 Å². The molecule has 3 N–H and O–H groups in total. The Labute approximate surface area is 188 Å². The first kappa shape index (κ1) is 25.7. The predicted octanol–water partition coefficient (Wildman–Crippen LogP) is 2.80. The molecule has 1 aliphatic rings. The number of thioether (sulfide) groups is 1. The van der Waals surface area contributed by atoms with Gasteiger partial charge in [-0.1, -0.05) is 30.3 Å². The van der Waals surface area contributed by atoms with Gasteiger partial charge in [0.15, 0.2) is 5.82 Å². The lowest BCUT2D eigenvalue weighted by molar-refractivity contribution is -0.192. The highest BCUT2D eigenvalue weighted by Crippen LogP contribution is 2.27. The topological polar surface area (TPSA) is 111 Å². The maximum Gasteiger partial charge on any atom is 0.490 e. The Morgan fingerprint density at radius 1 is 1.25 bits per heavy atom. The number of carboxylic acids is 1. The molecule has 32 heavy (non-hydrogen) atoms. The number of hydrogen-bond donors (Lipinski definition) is 3. The second kappa shape index (κ2) is 12.4. The molecule has 1 aliphatic heterocycles. The van der Waals surface area contributed by atoms with Gasteiger partial charge in [-0.05, 0) is 43.7 Å². The number of carboxylic acid groups (broad SMARTS) is 1. The summed E-state index contributed by atoms with van der Waals surface area (Å²) in [6, 6.07) is 10.7. The summed E-state index contributed by atoms with van der Waals surface area (Å²) >= 11 is 1.68. The Kier molecular flexibility index (Phi) is 9.97. The van der Waals surface area contributed by atoms with E-state index in [2.05, 4.69) is 55.7 Å². The quantitative estimate of drug-likeness (QED) is 0.567. The van der Waals surface area contributed by atoms with Crippen LogP contribution in [0.4, 0.5) is 13.2 Å². The average molecular weight is 474 g/mol. The van der Waals surface area contributed by atoms with Crippen LogP contribution >= 0.6 is 11.8 Å². The van der Waals surface area contributed by atoms with Gasteiger partial charge in [-0.2, -0.15) is 30.0 Å². The number of alkyl halides is 3. The van der Waals surface area contributed by atoms with E-state index in [4.69, 9.17) is 9.90 Å². The summed E-state index contributed by atoms with van der Waals surface area (Å²) in [5.74, 6) is 0.166. The van der Waals surface area contributed by atoms with E-state index in [1.54, 1.807) is 11.8 Å². The molecule has 12 heteroatoms. The largest absolute Gasteiger partial charge is 0.490 e. The number of carbonyl (C=O) groups is 2. The van der Waals surface area contributed by atoms with Crippen molar-refractivity contribution in [3.63, 3.8) is 0 Å². The minimum Gasteiger partial charge on any atom is -0.475 e. The molecule has 1 aromatic heterocycles. The van der Waals surface area contributed by atoms with Crippen molar-refractivity contribution in [1.29, 1.82) is 0 Å². The molecule has 0 atom stereocenters. The molecule has 0 saturated carbocycles. The van der Waals surface area contributed by atoms with Crippen molar-refractivity contribution in [1.82, 2.24) is 25.4 Å². The fourth-order valence-electron chi connectivity index (χ4n) is 3.20. The standard InChI is InChI=1S/C18H25N5OS.C2HF3O2/c1-25-13-17-20-16(21-22-17)11-19-18(24)12-23-9-7-15(8-10-23)14-5-3-2-4-6-14;3-2(4,5)1(6)7/h2-6,15H,7-13H2,1H3,(H,19,24)(H,20,21,22);(H,6,7). The molecule has 0 radical (unpaired) electrons. The number of hydrogen-bond acceptors (Lipinski definition) is 6. The third-order valence-electron chi connectivity index (χ3n) is 4.77. The SMILES string of the molecule is CSCc1n[nH]c(CNC(=O)CN2CCC(c3ccccc3)CC2)n1.O=C(O)C(F)(F)F. The van der Waals surface area contributed by atoms with Gasteiger partial charge in [0.05, 0.1) is 18.8 Å². The zero-order valence-electron chi connectivity index (χ0n) is 17.6. The molecular formula is C20H26F3N5O3S. The summed E-state index contributed by atoms with van der Waals surface area (Å²) in [7, 11) is 0. The third-order valence-corrected chi connectivity index (χ3v) is 5.32. The fourth-order valence-corrected chi connectivity index (χ4v) is 3.59. The van der Waals surface area contributed by atoms with Gasteiger partial charge in [0.1, 0.15) is 5.82 Å². The van der Waals surface area contributed by atoms with Crippen molar-refractivity contribution in [2.45, 2.75) is 37.2 Å². The second-order valence-corrected chi connectivity index (χ2v) is 8.04.